The second-order valence-electron chi connectivity index (χ2n) is 7.57. The second kappa shape index (κ2) is 9.94. The zero-order valence-electron chi connectivity index (χ0n) is 17.1. The van der Waals surface area contributed by atoms with Gasteiger partial charge < -0.3 is 5.11 Å². The smallest absolute Gasteiger partial charge is 0.194 e. The Morgan fingerprint density at radius 1 is 0.677 bits per heavy atom. The standard InChI is InChI=1S/C25H23F5O/c1-2-3-4-5-15-6-9-17(10-7-15)23-22(31)14-19(26)18(24(23)29)11-8-16-12-20(27)25(30)21(28)13-16/h6-7,9-10,12-14,31H,2-5,8,11H2,1H3. The summed E-state index contributed by atoms with van der Waals surface area (Å²) in [5.74, 6) is -6.73. The SMILES string of the molecule is CCCCCc1ccc(-c2c(O)cc(F)c(CCc3cc(F)c(F)c(F)c3)c2F)cc1. The van der Waals surface area contributed by atoms with Gasteiger partial charge in [0, 0.05) is 11.6 Å². The van der Waals surface area contributed by atoms with Crippen LogP contribution in [0.3, 0.4) is 0 Å². The molecule has 1 N–H and O–H groups in total. The van der Waals surface area contributed by atoms with Crippen LogP contribution in [0.25, 0.3) is 11.1 Å². The third-order valence-electron chi connectivity index (χ3n) is 5.31. The number of phenolic OH excluding ortho intramolecular Hbond substituents is 1. The molecule has 0 saturated heterocycles. The van der Waals surface area contributed by atoms with Gasteiger partial charge in [0.2, 0.25) is 0 Å². The predicted molar refractivity (Wildman–Crippen MR) is 110 cm³/mol. The minimum atomic E-state index is -1.59. The molecule has 0 aromatic heterocycles. The summed E-state index contributed by atoms with van der Waals surface area (Å²) in [6.07, 6.45) is 3.82. The third kappa shape index (κ3) is 5.24. The van der Waals surface area contributed by atoms with E-state index in [4.69, 9.17) is 0 Å². The van der Waals surface area contributed by atoms with Gasteiger partial charge in [-0.1, -0.05) is 44.0 Å². The predicted octanol–water partition coefficient (Wildman–Crippen LogP) is 7.27. The molecule has 0 amide bonds. The Bertz CT molecular complexity index is 1040. The van der Waals surface area contributed by atoms with Crippen molar-refractivity contribution in [3.63, 3.8) is 0 Å². The zero-order chi connectivity index (χ0) is 22.5. The van der Waals surface area contributed by atoms with Gasteiger partial charge in [0.15, 0.2) is 17.5 Å². The molecular weight excluding hydrogens is 411 g/mol. The molecule has 0 heterocycles. The lowest BCUT2D eigenvalue weighted by Crippen LogP contribution is -2.03. The minimum Gasteiger partial charge on any atom is -0.507 e. The van der Waals surface area contributed by atoms with Crippen LogP contribution < -0.4 is 0 Å². The highest BCUT2D eigenvalue weighted by Gasteiger charge is 2.20. The Morgan fingerprint density at radius 3 is 1.94 bits per heavy atom. The molecule has 31 heavy (non-hydrogen) atoms. The highest BCUT2D eigenvalue weighted by atomic mass is 19.2. The molecule has 1 nitrogen and oxygen atoms in total. The molecule has 0 atom stereocenters. The minimum absolute atomic E-state index is 0.0706. The summed E-state index contributed by atoms with van der Waals surface area (Å²) in [5, 5.41) is 10.2. The average Bonchev–Trinajstić information content (AvgIpc) is 2.73. The third-order valence-corrected chi connectivity index (χ3v) is 5.31. The van der Waals surface area contributed by atoms with E-state index in [1.165, 1.54) is 0 Å². The number of benzene rings is 3. The summed E-state index contributed by atoms with van der Waals surface area (Å²) < 4.78 is 69.4. The Morgan fingerprint density at radius 2 is 1.32 bits per heavy atom. The molecule has 6 heteroatoms. The molecule has 0 fully saturated rings. The summed E-state index contributed by atoms with van der Waals surface area (Å²) in [7, 11) is 0. The normalized spacial score (nSPS) is 11.2. The van der Waals surface area contributed by atoms with Crippen LogP contribution in [0.1, 0.15) is 42.9 Å². The number of aryl methyl sites for hydroxylation is 2. The summed E-state index contributed by atoms with van der Waals surface area (Å²) >= 11 is 0. The number of rotatable bonds is 8. The molecule has 164 valence electrons. The van der Waals surface area contributed by atoms with Gasteiger partial charge in [0.25, 0.3) is 0 Å². The first kappa shape index (κ1) is 22.8. The van der Waals surface area contributed by atoms with Crippen molar-refractivity contribution in [2.75, 3.05) is 0 Å². The van der Waals surface area contributed by atoms with Crippen molar-refractivity contribution in [1.82, 2.24) is 0 Å². The van der Waals surface area contributed by atoms with E-state index >= 15 is 4.39 Å². The Balaban J connectivity index is 1.86. The fourth-order valence-electron chi connectivity index (χ4n) is 3.59. The van der Waals surface area contributed by atoms with E-state index < -0.39 is 34.8 Å². The maximum absolute atomic E-state index is 15.1. The van der Waals surface area contributed by atoms with Crippen molar-refractivity contribution in [3.05, 3.63) is 88.2 Å². The summed E-state index contributed by atoms with van der Waals surface area (Å²) in [6, 6.07) is 9.46. The van der Waals surface area contributed by atoms with E-state index in [1.54, 1.807) is 12.1 Å². The first-order valence-electron chi connectivity index (χ1n) is 10.2. The molecule has 0 aliphatic heterocycles. The average molecular weight is 434 g/mol. The fourth-order valence-corrected chi connectivity index (χ4v) is 3.59. The van der Waals surface area contributed by atoms with Crippen LogP contribution in [-0.4, -0.2) is 5.11 Å². The molecule has 0 bridgehead atoms. The topological polar surface area (TPSA) is 20.2 Å². The number of hydrogen-bond donors (Lipinski definition) is 1. The maximum atomic E-state index is 15.1. The lowest BCUT2D eigenvalue weighted by Gasteiger charge is -2.13. The number of hydrogen-bond acceptors (Lipinski definition) is 1. The maximum Gasteiger partial charge on any atom is 0.194 e. The van der Waals surface area contributed by atoms with Gasteiger partial charge in [0.1, 0.15) is 17.4 Å². The molecule has 3 aromatic rings. The Kier molecular flexibility index (Phi) is 7.31. The van der Waals surface area contributed by atoms with Crippen molar-refractivity contribution in [3.8, 4) is 16.9 Å². The fraction of sp³-hybridized carbons (Fsp3) is 0.280. The summed E-state index contributed by atoms with van der Waals surface area (Å²) in [6.45, 7) is 2.11. The van der Waals surface area contributed by atoms with Crippen LogP contribution >= 0.6 is 0 Å². The molecule has 0 radical (unpaired) electrons. The molecule has 0 aliphatic rings. The number of unbranched alkanes of at least 4 members (excludes halogenated alkanes) is 2. The largest absolute Gasteiger partial charge is 0.507 e. The molecule has 3 aromatic carbocycles. The van der Waals surface area contributed by atoms with Gasteiger partial charge in [-0.25, -0.2) is 22.0 Å². The van der Waals surface area contributed by atoms with Crippen LogP contribution in [0.2, 0.25) is 0 Å². The van der Waals surface area contributed by atoms with Crippen LogP contribution in [0.4, 0.5) is 22.0 Å². The van der Waals surface area contributed by atoms with E-state index in [1.807, 2.05) is 12.1 Å². The molecular formula is C25H23F5O. The summed E-state index contributed by atoms with van der Waals surface area (Å²) in [5.41, 5.74) is 1.10. The Hall–Kier alpha value is -2.89. The van der Waals surface area contributed by atoms with Crippen molar-refractivity contribution in [2.45, 2.75) is 45.4 Å². The van der Waals surface area contributed by atoms with Crippen molar-refractivity contribution < 1.29 is 27.1 Å². The van der Waals surface area contributed by atoms with Gasteiger partial charge in [-0.15, -0.1) is 0 Å². The van der Waals surface area contributed by atoms with Crippen molar-refractivity contribution in [1.29, 1.82) is 0 Å². The quantitative estimate of drug-likeness (QED) is 0.225. The van der Waals surface area contributed by atoms with Gasteiger partial charge in [-0.2, -0.15) is 0 Å². The second-order valence-corrected chi connectivity index (χ2v) is 7.57. The van der Waals surface area contributed by atoms with Crippen LogP contribution in [0.15, 0.2) is 42.5 Å². The van der Waals surface area contributed by atoms with E-state index in [-0.39, 0.29) is 29.5 Å². The highest BCUT2D eigenvalue weighted by Crippen LogP contribution is 2.36. The number of phenols is 1. The van der Waals surface area contributed by atoms with Crippen LogP contribution in [0, 0.1) is 29.1 Å². The van der Waals surface area contributed by atoms with Gasteiger partial charge >= 0.3 is 0 Å². The van der Waals surface area contributed by atoms with Gasteiger partial charge in [-0.05, 0) is 54.5 Å². The van der Waals surface area contributed by atoms with Crippen molar-refractivity contribution in [2.24, 2.45) is 0 Å². The number of aromatic hydroxyl groups is 1. The zero-order valence-corrected chi connectivity index (χ0v) is 17.1. The van der Waals surface area contributed by atoms with E-state index in [0.717, 1.165) is 49.4 Å². The van der Waals surface area contributed by atoms with Gasteiger partial charge in [0.05, 0.1) is 5.56 Å². The molecule has 3 rings (SSSR count). The van der Waals surface area contributed by atoms with Crippen LogP contribution in [-0.2, 0) is 19.3 Å². The molecule has 0 aliphatic carbocycles. The van der Waals surface area contributed by atoms with Crippen molar-refractivity contribution >= 4 is 0 Å². The lowest BCUT2D eigenvalue weighted by molar-refractivity contribution is 0.445. The van der Waals surface area contributed by atoms with Crippen LogP contribution in [0.5, 0.6) is 5.75 Å². The Labute approximate surface area is 178 Å². The van der Waals surface area contributed by atoms with Gasteiger partial charge in [-0.3, -0.25) is 0 Å². The lowest BCUT2D eigenvalue weighted by atomic mass is 9.95. The highest BCUT2D eigenvalue weighted by molar-refractivity contribution is 5.72. The van der Waals surface area contributed by atoms with E-state index in [0.29, 0.717) is 5.56 Å². The first-order chi connectivity index (χ1) is 14.8. The number of halogens is 5. The van der Waals surface area contributed by atoms with E-state index in [2.05, 4.69) is 6.92 Å². The summed E-state index contributed by atoms with van der Waals surface area (Å²) in [4.78, 5) is 0. The molecule has 0 saturated carbocycles. The monoisotopic (exact) mass is 434 g/mol. The first-order valence-corrected chi connectivity index (χ1v) is 10.2. The molecule has 0 spiro atoms. The molecule has 0 unspecified atom stereocenters. The van der Waals surface area contributed by atoms with E-state index in [9.17, 15) is 22.7 Å².